The van der Waals surface area contributed by atoms with Crippen LogP contribution < -0.4 is 5.69 Å². The summed E-state index contributed by atoms with van der Waals surface area (Å²) in [5.41, 5.74) is 1.87. The summed E-state index contributed by atoms with van der Waals surface area (Å²) >= 11 is 0. The van der Waals surface area contributed by atoms with Gasteiger partial charge in [-0.25, -0.2) is 4.79 Å². The van der Waals surface area contributed by atoms with Gasteiger partial charge in [0.2, 0.25) is 0 Å². The number of carbonyl (C=O) groups is 1. The van der Waals surface area contributed by atoms with E-state index in [9.17, 15) is 9.59 Å². The fraction of sp³-hybridized carbons (Fsp3) is 0.615. The van der Waals surface area contributed by atoms with Crippen molar-refractivity contribution in [2.75, 3.05) is 13.7 Å². The summed E-state index contributed by atoms with van der Waals surface area (Å²) in [5.74, 6) is -0.860. The van der Waals surface area contributed by atoms with Crippen LogP contribution in [-0.4, -0.2) is 34.3 Å². The Morgan fingerprint density at radius 2 is 2.11 bits per heavy atom. The normalized spacial score (nSPS) is 12.4. The molecule has 0 aliphatic carbocycles. The van der Waals surface area contributed by atoms with E-state index in [-0.39, 0.29) is 18.2 Å². The minimum atomic E-state index is -0.860. The maximum absolute atomic E-state index is 11.9. The molecule has 0 bridgehead atoms. The molecule has 1 aromatic heterocycles. The van der Waals surface area contributed by atoms with Crippen molar-refractivity contribution in [3.63, 3.8) is 0 Å². The molecule has 1 N–H and O–H groups in total. The molecular weight excluding hydrogens is 248 g/mol. The van der Waals surface area contributed by atoms with Crippen LogP contribution in [0.2, 0.25) is 0 Å². The maximum atomic E-state index is 11.9. The number of carboxylic acids is 1. The number of carboxylic acid groups (broad SMARTS) is 1. The number of nitrogens with zero attached hydrogens (tertiary/aromatic N) is 2. The summed E-state index contributed by atoms with van der Waals surface area (Å²) < 4.78 is 6.62. The van der Waals surface area contributed by atoms with Crippen LogP contribution in [0, 0.1) is 13.8 Å². The lowest BCUT2D eigenvalue weighted by atomic mass is 10.1. The first-order valence-electron chi connectivity index (χ1n) is 6.17. The van der Waals surface area contributed by atoms with Gasteiger partial charge in [-0.15, -0.1) is 0 Å². The molecule has 1 aromatic rings. The zero-order chi connectivity index (χ0) is 14.6. The summed E-state index contributed by atoms with van der Waals surface area (Å²) in [7, 11) is 1.57. The van der Waals surface area contributed by atoms with Gasteiger partial charge in [0, 0.05) is 24.9 Å². The van der Waals surface area contributed by atoms with E-state index in [2.05, 4.69) is 4.98 Å². The third-order valence-corrected chi connectivity index (χ3v) is 3.14. The summed E-state index contributed by atoms with van der Waals surface area (Å²) in [4.78, 5) is 26.6. The van der Waals surface area contributed by atoms with Crippen LogP contribution in [0.1, 0.15) is 36.3 Å². The monoisotopic (exact) mass is 268 g/mol. The molecule has 0 fully saturated rings. The Kier molecular flexibility index (Phi) is 5.23. The number of hydrogen-bond acceptors (Lipinski definition) is 4. The van der Waals surface area contributed by atoms with E-state index in [4.69, 9.17) is 9.84 Å². The molecule has 6 nitrogen and oxygen atoms in total. The first-order valence-corrected chi connectivity index (χ1v) is 6.17. The van der Waals surface area contributed by atoms with Crippen molar-refractivity contribution >= 4 is 5.97 Å². The molecule has 1 atom stereocenters. The summed E-state index contributed by atoms with van der Waals surface area (Å²) in [6, 6.07) is -0.130. The molecule has 0 aliphatic rings. The Bertz CT molecular complexity index is 522. The Morgan fingerprint density at radius 1 is 1.47 bits per heavy atom. The first kappa shape index (κ1) is 15.4. The fourth-order valence-electron chi connectivity index (χ4n) is 2.24. The molecule has 106 valence electrons. The highest BCUT2D eigenvalue weighted by atomic mass is 16.5. The molecule has 0 aliphatic heterocycles. The lowest BCUT2D eigenvalue weighted by molar-refractivity contribution is -0.136. The van der Waals surface area contributed by atoms with Gasteiger partial charge in [-0.3, -0.25) is 9.36 Å². The van der Waals surface area contributed by atoms with Gasteiger partial charge < -0.3 is 9.84 Å². The van der Waals surface area contributed by atoms with Crippen molar-refractivity contribution in [2.24, 2.45) is 0 Å². The molecule has 0 amide bonds. The van der Waals surface area contributed by atoms with Crippen molar-refractivity contribution in [1.29, 1.82) is 0 Å². The van der Waals surface area contributed by atoms with Gasteiger partial charge in [-0.05, 0) is 32.8 Å². The summed E-state index contributed by atoms with van der Waals surface area (Å²) in [6.45, 7) is 5.83. The van der Waals surface area contributed by atoms with Crippen molar-refractivity contribution in [3.05, 3.63) is 27.4 Å². The highest BCUT2D eigenvalue weighted by Gasteiger charge is 2.16. The molecule has 6 heteroatoms. The lowest BCUT2D eigenvalue weighted by Crippen LogP contribution is -2.32. The number of rotatable bonds is 6. The van der Waals surface area contributed by atoms with Gasteiger partial charge in [-0.1, -0.05) is 0 Å². The average Bonchev–Trinajstić information content (AvgIpc) is 2.27. The Labute approximate surface area is 112 Å². The largest absolute Gasteiger partial charge is 0.481 e. The minimum absolute atomic E-state index is 0.0280. The van der Waals surface area contributed by atoms with Crippen LogP contribution in [0.4, 0.5) is 0 Å². The third-order valence-electron chi connectivity index (χ3n) is 3.14. The van der Waals surface area contributed by atoms with Crippen LogP contribution in [0.3, 0.4) is 0 Å². The zero-order valence-electron chi connectivity index (χ0n) is 11.8. The van der Waals surface area contributed by atoms with Crippen LogP contribution in [0.25, 0.3) is 0 Å². The lowest BCUT2D eigenvalue weighted by Gasteiger charge is -2.20. The van der Waals surface area contributed by atoms with Crippen molar-refractivity contribution in [1.82, 2.24) is 9.55 Å². The number of aliphatic carboxylic acids is 1. The molecule has 0 saturated carbocycles. The molecule has 19 heavy (non-hydrogen) atoms. The number of methoxy groups -OCH3 is 1. The Balaban J connectivity index is 3.22. The van der Waals surface area contributed by atoms with E-state index in [1.807, 2.05) is 13.8 Å². The van der Waals surface area contributed by atoms with Crippen molar-refractivity contribution < 1.29 is 14.6 Å². The standard InChI is InChI=1S/C13H20N2O4/c1-8(7-19-4)15-10(3)11(5-6-12(16)17)9(2)14-13(15)18/h8H,5-7H2,1-4H3,(H,16,17). The van der Waals surface area contributed by atoms with Crippen LogP contribution in [0.15, 0.2) is 4.79 Å². The van der Waals surface area contributed by atoms with Gasteiger partial charge in [0.1, 0.15) is 0 Å². The van der Waals surface area contributed by atoms with Crippen LogP contribution in [-0.2, 0) is 16.0 Å². The molecule has 1 heterocycles. The van der Waals surface area contributed by atoms with Crippen LogP contribution >= 0.6 is 0 Å². The van der Waals surface area contributed by atoms with Gasteiger partial charge in [0.05, 0.1) is 12.6 Å². The van der Waals surface area contributed by atoms with E-state index in [1.165, 1.54) is 0 Å². The number of aromatic nitrogens is 2. The molecule has 0 spiro atoms. The van der Waals surface area contributed by atoms with Crippen molar-refractivity contribution in [2.45, 2.75) is 39.7 Å². The highest BCUT2D eigenvalue weighted by Crippen LogP contribution is 2.15. The van der Waals surface area contributed by atoms with Crippen molar-refractivity contribution in [3.8, 4) is 0 Å². The second-order valence-electron chi connectivity index (χ2n) is 4.61. The maximum Gasteiger partial charge on any atom is 0.348 e. The Morgan fingerprint density at radius 3 is 2.63 bits per heavy atom. The van der Waals surface area contributed by atoms with E-state index in [1.54, 1.807) is 18.6 Å². The van der Waals surface area contributed by atoms with Gasteiger partial charge in [0.15, 0.2) is 0 Å². The highest BCUT2D eigenvalue weighted by molar-refractivity contribution is 5.67. The molecule has 0 radical (unpaired) electrons. The summed E-state index contributed by atoms with van der Waals surface area (Å²) in [6.07, 6.45) is 0.403. The molecular formula is C13H20N2O4. The molecule has 0 aromatic carbocycles. The minimum Gasteiger partial charge on any atom is -0.481 e. The smallest absolute Gasteiger partial charge is 0.348 e. The second-order valence-corrected chi connectivity index (χ2v) is 4.61. The van der Waals surface area contributed by atoms with Gasteiger partial charge in [-0.2, -0.15) is 4.98 Å². The zero-order valence-corrected chi connectivity index (χ0v) is 11.8. The van der Waals surface area contributed by atoms with Gasteiger partial charge in [0.25, 0.3) is 0 Å². The fourth-order valence-corrected chi connectivity index (χ4v) is 2.24. The molecule has 1 rings (SSSR count). The first-order chi connectivity index (χ1) is 8.88. The molecule has 0 saturated heterocycles. The SMILES string of the molecule is COCC(C)n1c(C)c(CCC(=O)O)c(C)nc1=O. The predicted molar refractivity (Wildman–Crippen MR) is 70.5 cm³/mol. The summed E-state index contributed by atoms with van der Waals surface area (Å²) in [5, 5.41) is 8.76. The quantitative estimate of drug-likeness (QED) is 0.835. The predicted octanol–water partition coefficient (Wildman–Crippen LogP) is 1.08. The van der Waals surface area contributed by atoms with E-state index >= 15 is 0 Å². The second kappa shape index (κ2) is 6.47. The third kappa shape index (κ3) is 3.64. The van der Waals surface area contributed by atoms with Crippen LogP contribution in [0.5, 0.6) is 0 Å². The average molecular weight is 268 g/mol. The number of hydrogen-bond donors (Lipinski definition) is 1. The Hall–Kier alpha value is -1.69. The number of aryl methyl sites for hydroxylation is 1. The number of ether oxygens (including phenoxy) is 1. The van der Waals surface area contributed by atoms with E-state index in [0.29, 0.717) is 18.7 Å². The molecule has 1 unspecified atom stereocenters. The van der Waals surface area contributed by atoms with E-state index < -0.39 is 5.97 Å². The van der Waals surface area contributed by atoms with E-state index in [0.717, 1.165) is 11.3 Å². The topological polar surface area (TPSA) is 81.4 Å². The van der Waals surface area contributed by atoms with Gasteiger partial charge >= 0.3 is 11.7 Å².